The van der Waals surface area contributed by atoms with E-state index in [0.717, 1.165) is 94.8 Å². The fourth-order valence-corrected chi connectivity index (χ4v) is 8.27. The Balaban J connectivity index is 1.09. The van der Waals surface area contributed by atoms with Crippen LogP contribution in [0.2, 0.25) is 0 Å². The van der Waals surface area contributed by atoms with Crippen LogP contribution in [0.25, 0.3) is 112 Å². The fraction of sp³-hybridized carbons (Fsp3) is 0. The molecule has 0 aliphatic carbocycles. The van der Waals surface area contributed by atoms with Crippen LogP contribution >= 0.6 is 0 Å². The molecule has 0 saturated carbocycles. The molecule has 0 unspecified atom stereocenters. The molecule has 0 spiro atoms. The normalized spacial score (nSPS) is 11.3. The number of hydrogen-bond acceptors (Lipinski definition) is 4. The molecule has 4 heteroatoms. The molecule has 0 atom stereocenters. The van der Waals surface area contributed by atoms with Gasteiger partial charge >= 0.3 is 0 Å². The number of furan rings is 1. The summed E-state index contributed by atoms with van der Waals surface area (Å²) in [7, 11) is 0. The van der Waals surface area contributed by atoms with E-state index in [-0.39, 0.29) is 0 Å². The van der Waals surface area contributed by atoms with Crippen LogP contribution in [0.4, 0.5) is 0 Å². The van der Waals surface area contributed by atoms with E-state index in [4.69, 9.17) is 19.4 Å². The topological polar surface area (TPSA) is 51.8 Å². The van der Waals surface area contributed by atoms with Crippen LogP contribution in [-0.2, 0) is 0 Å². The van der Waals surface area contributed by atoms with E-state index < -0.39 is 0 Å². The number of benzene rings is 8. The summed E-state index contributed by atoms with van der Waals surface area (Å²) in [6, 6.07) is 77.8. The Morgan fingerprint density at radius 2 is 0.770 bits per heavy atom. The minimum Gasteiger partial charge on any atom is -0.455 e. The Kier molecular flexibility index (Phi) is 9.14. The van der Waals surface area contributed by atoms with Crippen molar-refractivity contribution in [3.05, 3.63) is 224 Å². The van der Waals surface area contributed by atoms with Crippen molar-refractivity contribution in [2.75, 3.05) is 0 Å². The quantitative estimate of drug-likeness (QED) is 0.154. The van der Waals surface area contributed by atoms with Crippen molar-refractivity contribution < 1.29 is 4.42 Å². The zero-order valence-electron chi connectivity index (χ0n) is 33.1. The molecule has 0 fully saturated rings. The van der Waals surface area contributed by atoms with Crippen molar-refractivity contribution in [1.29, 1.82) is 0 Å². The average molecular weight is 780 g/mol. The Morgan fingerprint density at radius 1 is 0.311 bits per heavy atom. The average Bonchev–Trinajstić information content (AvgIpc) is 3.76. The lowest BCUT2D eigenvalue weighted by Gasteiger charge is -2.12. The van der Waals surface area contributed by atoms with Crippen molar-refractivity contribution in [1.82, 2.24) is 15.0 Å². The van der Waals surface area contributed by atoms with Crippen LogP contribution < -0.4 is 0 Å². The molecule has 0 aliphatic heterocycles. The van der Waals surface area contributed by atoms with E-state index >= 15 is 0 Å². The number of rotatable bonds is 8. The van der Waals surface area contributed by atoms with Crippen LogP contribution in [-0.4, -0.2) is 15.0 Å². The van der Waals surface area contributed by atoms with Crippen molar-refractivity contribution in [2.24, 2.45) is 0 Å². The molecule has 286 valence electrons. The maximum atomic E-state index is 7.11. The summed E-state index contributed by atoms with van der Waals surface area (Å²) in [5.41, 5.74) is 15.8. The summed E-state index contributed by atoms with van der Waals surface area (Å²) in [4.78, 5) is 15.7. The van der Waals surface area contributed by atoms with Gasteiger partial charge < -0.3 is 4.42 Å². The molecule has 0 aliphatic rings. The predicted octanol–water partition coefficient (Wildman–Crippen LogP) is 15.1. The smallest absolute Gasteiger partial charge is 0.160 e. The minimum atomic E-state index is 0.656. The lowest BCUT2D eigenvalue weighted by atomic mass is 9.94. The highest BCUT2D eigenvalue weighted by Gasteiger charge is 2.24. The Morgan fingerprint density at radius 3 is 1.39 bits per heavy atom. The van der Waals surface area contributed by atoms with Gasteiger partial charge in [-0.2, -0.15) is 0 Å². The first-order chi connectivity index (χ1) is 30.2. The van der Waals surface area contributed by atoms with Crippen molar-refractivity contribution in [2.45, 2.75) is 0 Å². The van der Waals surface area contributed by atoms with E-state index in [9.17, 15) is 0 Å². The molecule has 0 radical (unpaired) electrons. The van der Waals surface area contributed by atoms with Crippen LogP contribution in [0.15, 0.2) is 229 Å². The molecule has 4 nitrogen and oxygen atoms in total. The molecule has 11 aromatic rings. The number of para-hydroxylation sites is 1. The van der Waals surface area contributed by atoms with Crippen LogP contribution in [0.3, 0.4) is 0 Å². The van der Waals surface area contributed by atoms with Gasteiger partial charge in [-0.05, 0) is 52.1 Å². The molecule has 8 aromatic carbocycles. The summed E-state index contributed by atoms with van der Waals surface area (Å²) < 4.78 is 7.11. The van der Waals surface area contributed by atoms with Crippen LogP contribution in [0, 0.1) is 0 Å². The molecule has 3 aromatic heterocycles. The second-order valence-corrected chi connectivity index (χ2v) is 15.1. The Labute approximate surface area is 354 Å². The maximum Gasteiger partial charge on any atom is 0.160 e. The van der Waals surface area contributed by atoms with Gasteiger partial charge in [0.2, 0.25) is 0 Å². The zero-order valence-corrected chi connectivity index (χ0v) is 33.1. The number of pyridine rings is 1. The molecule has 0 amide bonds. The van der Waals surface area contributed by atoms with Gasteiger partial charge in [0.1, 0.15) is 11.3 Å². The largest absolute Gasteiger partial charge is 0.455 e. The highest BCUT2D eigenvalue weighted by atomic mass is 16.3. The minimum absolute atomic E-state index is 0.656. The molecule has 0 saturated heterocycles. The summed E-state index contributed by atoms with van der Waals surface area (Å²) in [5, 5.41) is 1.96. The first-order valence-electron chi connectivity index (χ1n) is 20.5. The molecule has 61 heavy (non-hydrogen) atoms. The third-order valence-electron chi connectivity index (χ3n) is 11.3. The second-order valence-electron chi connectivity index (χ2n) is 15.1. The molecular formula is C57H37N3O. The van der Waals surface area contributed by atoms with Crippen molar-refractivity contribution in [3.8, 4) is 89.9 Å². The molecule has 11 rings (SSSR count). The Bertz CT molecular complexity index is 3210. The first-order valence-corrected chi connectivity index (χ1v) is 20.5. The second kappa shape index (κ2) is 15.5. The molecular weight excluding hydrogens is 743 g/mol. The van der Waals surface area contributed by atoms with Gasteiger partial charge in [-0.1, -0.05) is 200 Å². The van der Waals surface area contributed by atoms with Gasteiger partial charge in [0.25, 0.3) is 0 Å². The van der Waals surface area contributed by atoms with Gasteiger partial charge in [0, 0.05) is 38.8 Å². The standard InChI is InChI=1S/C57H37N3O/c1-5-16-38(17-6-1)40-28-32-42(33-29-40)50-37-51(60-57(59-50)45-34-30-41(31-35-45)39-18-7-2-8-19-39)46-24-15-25-47(36-46)55-52(43-20-9-3-10-21-43)53-54(44-22-11-4-12-23-44)58-49-27-14-13-26-48(49)56(53)61-55/h1-37H. The van der Waals surface area contributed by atoms with Gasteiger partial charge in [-0.15, -0.1) is 0 Å². The highest BCUT2D eigenvalue weighted by Crippen LogP contribution is 2.47. The predicted molar refractivity (Wildman–Crippen MR) is 251 cm³/mol. The van der Waals surface area contributed by atoms with Gasteiger partial charge in [-0.25, -0.2) is 15.0 Å². The molecule has 0 N–H and O–H groups in total. The van der Waals surface area contributed by atoms with Crippen molar-refractivity contribution in [3.63, 3.8) is 0 Å². The zero-order chi connectivity index (χ0) is 40.5. The number of hydrogen-bond donors (Lipinski definition) is 0. The van der Waals surface area contributed by atoms with Crippen LogP contribution in [0.1, 0.15) is 0 Å². The fourth-order valence-electron chi connectivity index (χ4n) is 8.27. The summed E-state index contributed by atoms with van der Waals surface area (Å²) in [5.74, 6) is 1.43. The van der Waals surface area contributed by atoms with Gasteiger partial charge in [0.05, 0.1) is 28.0 Å². The summed E-state index contributed by atoms with van der Waals surface area (Å²) >= 11 is 0. The highest BCUT2D eigenvalue weighted by molar-refractivity contribution is 6.16. The lowest BCUT2D eigenvalue weighted by Crippen LogP contribution is -1.96. The first kappa shape index (κ1) is 35.9. The SMILES string of the molecule is c1ccc(-c2ccc(-c3cc(-c4cccc(-c5oc6c(c(-c7ccccc7)nc7ccccc76)c5-c5ccccc5)c4)nc(-c4ccc(-c5ccccc5)cc4)n3)cc2)cc1. The van der Waals surface area contributed by atoms with E-state index in [1.54, 1.807) is 0 Å². The maximum absolute atomic E-state index is 7.11. The number of aromatic nitrogens is 3. The molecule has 0 bridgehead atoms. The van der Waals surface area contributed by atoms with Gasteiger partial charge in [-0.3, -0.25) is 0 Å². The summed E-state index contributed by atoms with van der Waals surface area (Å²) in [6.45, 7) is 0. The number of fused-ring (bicyclic) bond motifs is 3. The van der Waals surface area contributed by atoms with Crippen molar-refractivity contribution >= 4 is 21.9 Å². The third-order valence-corrected chi connectivity index (χ3v) is 11.3. The monoisotopic (exact) mass is 779 g/mol. The van der Waals surface area contributed by atoms with E-state index in [0.29, 0.717) is 5.82 Å². The van der Waals surface area contributed by atoms with Crippen LogP contribution in [0.5, 0.6) is 0 Å². The third kappa shape index (κ3) is 6.86. The van der Waals surface area contributed by atoms with E-state index in [2.05, 4.69) is 188 Å². The van der Waals surface area contributed by atoms with E-state index in [1.165, 1.54) is 11.1 Å². The Hall–Kier alpha value is -8.21. The molecule has 3 heterocycles. The lowest BCUT2D eigenvalue weighted by molar-refractivity contribution is 0.636. The van der Waals surface area contributed by atoms with Gasteiger partial charge in [0.15, 0.2) is 5.82 Å². The summed E-state index contributed by atoms with van der Waals surface area (Å²) in [6.07, 6.45) is 0. The van der Waals surface area contributed by atoms with E-state index in [1.807, 2.05) is 36.4 Å². The number of nitrogens with zero attached hydrogens (tertiary/aromatic N) is 3.